The van der Waals surface area contributed by atoms with Gasteiger partial charge in [0.25, 0.3) is 0 Å². The topological polar surface area (TPSA) is 43.4 Å². The summed E-state index contributed by atoms with van der Waals surface area (Å²) in [5.41, 5.74) is 0. The summed E-state index contributed by atoms with van der Waals surface area (Å²) in [5.74, 6) is -0.938. The quantitative estimate of drug-likeness (QED) is 0.527. The Bertz CT molecular complexity index is 197. The van der Waals surface area contributed by atoms with E-state index in [0.717, 1.165) is 0 Å². The first-order valence-corrected chi connectivity index (χ1v) is 11.9. The zero-order valence-corrected chi connectivity index (χ0v) is 13.2. The Morgan fingerprint density at radius 3 is 1.60 bits per heavy atom. The zero-order chi connectivity index (χ0) is 11.6. The van der Waals surface area contributed by atoms with Crippen molar-refractivity contribution in [3.05, 3.63) is 0 Å². The smallest absolute Gasteiger partial charge is 0.550 e. The molecule has 0 aromatic carbocycles. The standard InChI is InChI=1S/C9H23NO2Si2.Li/c1-13(2,3)10(14(4,5)6)8-7-9(11)12;/h7-8H2,1-6H3,(H,11,12);/q;+1/p-1. The molecule has 0 atom stereocenters. The predicted molar refractivity (Wildman–Crippen MR) is 63.0 cm³/mol. The summed E-state index contributed by atoms with van der Waals surface area (Å²) in [6.45, 7) is 14.2. The average molecular weight is 239 g/mol. The molecule has 0 fully saturated rings. The van der Waals surface area contributed by atoms with Gasteiger partial charge in [-0.15, -0.1) is 0 Å². The molecule has 0 N–H and O–H groups in total. The molecule has 0 unspecified atom stereocenters. The molecule has 15 heavy (non-hydrogen) atoms. The molecule has 0 saturated carbocycles. The Balaban J connectivity index is 0. The first-order valence-electron chi connectivity index (χ1n) is 5.03. The van der Waals surface area contributed by atoms with Crippen LogP contribution in [-0.4, -0.2) is 33.2 Å². The Hall–Kier alpha value is 0.461. The second kappa shape index (κ2) is 6.26. The van der Waals surface area contributed by atoms with Crippen LogP contribution in [0.15, 0.2) is 0 Å². The van der Waals surface area contributed by atoms with Crippen LogP contribution in [0.3, 0.4) is 0 Å². The van der Waals surface area contributed by atoms with E-state index in [1.807, 2.05) is 0 Å². The van der Waals surface area contributed by atoms with Crippen molar-refractivity contribution in [3.8, 4) is 0 Å². The van der Waals surface area contributed by atoms with Crippen molar-refractivity contribution in [1.82, 2.24) is 4.23 Å². The van der Waals surface area contributed by atoms with E-state index in [1.165, 1.54) is 0 Å². The maximum Gasteiger partial charge on any atom is 1.00 e. The zero-order valence-electron chi connectivity index (χ0n) is 11.2. The summed E-state index contributed by atoms with van der Waals surface area (Å²) >= 11 is 0. The molecule has 0 saturated heterocycles. The molecule has 0 aliphatic carbocycles. The third kappa shape index (κ3) is 7.37. The maximum absolute atomic E-state index is 10.5. The summed E-state index contributed by atoms with van der Waals surface area (Å²) in [6, 6.07) is 0. The van der Waals surface area contributed by atoms with Crippen LogP contribution >= 0.6 is 0 Å². The fourth-order valence-electron chi connectivity index (χ4n) is 1.88. The van der Waals surface area contributed by atoms with Crippen LogP contribution < -0.4 is 24.0 Å². The minimum atomic E-state index is -1.38. The van der Waals surface area contributed by atoms with Gasteiger partial charge in [0.15, 0.2) is 0 Å². The number of aliphatic carboxylic acids is 1. The Kier molecular flexibility index (Phi) is 7.45. The number of hydrogen-bond donors (Lipinski definition) is 0. The fourth-order valence-corrected chi connectivity index (χ4v) is 11.5. The minimum Gasteiger partial charge on any atom is -0.550 e. The van der Waals surface area contributed by atoms with Gasteiger partial charge in [-0.1, -0.05) is 39.3 Å². The molecule has 6 heteroatoms. The van der Waals surface area contributed by atoms with Crippen LogP contribution in [0.1, 0.15) is 6.42 Å². The number of rotatable bonds is 5. The van der Waals surface area contributed by atoms with E-state index in [0.29, 0.717) is 6.54 Å². The van der Waals surface area contributed by atoms with Gasteiger partial charge in [0, 0.05) is 5.97 Å². The van der Waals surface area contributed by atoms with Crippen molar-refractivity contribution in [2.75, 3.05) is 6.54 Å². The van der Waals surface area contributed by atoms with E-state index >= 15 is 0 Å². The second-order valence-electron chi connectivity index (χ2n) is 5.62. The SMILES string of the molecule is C[Si](C)(C)N(CCC(=O)[O-])[Si](C)(C)C.[Li+]. The minimum absolute atomic E-state index is 0. The van der Waals surface area contributed by atoms with Gasteiger partial charge in [0.1, 0.15) is 16.5 Å². The Morgan fingerprint density at radius 1 is 1.07 bits per heavy atom. The molecular weight excluding hydrogens is 217 g/mol. The molecule has 0 heterocycles. The van der Waals surface area contributed by atoms with Gasteiger partial charge in [-0.3, -0.25) is 0 Å². The largest absolute Gasteiger partial charge is 1.00 e. The van der Waals surface area contributed by atoms with Gasteiger partial charge in [0.2, 0.25) is 0 Å². The van der Waals surface area contributed by atoms with Crippen LogP contribution in [0.4, 0.5) is 0 Å². The molecule has 0 radical (unpaired) electrons. The predicted octanol–water partition coefficient (Wildman–Crippen LogP) is -1.90. The van der Waals surface area contributed by atoms with Crippen LogP contribution in [0, 0.1) is 0 Å². The molecule has 0 aliphatic heterocycles. The summed E-state index contributed by atoms with van der Waals surface area (Å²) in [6.07, 6.45) is 0.161. The number of nitrogens with zero attached hydrogens (tertiary/aromatic N) is 1. The van der Waals surface area contributed by atoms with E-state index < -0.39 is 22.4 Å². The molecule has 0 spiro atoms. The summed E-state index contributed by atoms with van der Waals surface area (Å²) in [7, 11) is -2.77. The summed E-state index contributed by atoms with van der Waals surface area (Å²) in [4.78, 5) is 10.5. The molecule has 0 amide bonds. The van der Waals surface area contributed by atoms with E-state index in [2.05, 4.69) is 43.5 Å². The number of carbonyl (C=O) groups is 1. The molecule has 0 aromatic heterocycles. The van der Waals surface area contributed by atoms with Crippen LogP contribution in [0.5, 0.6) is 0 Å². The molecule has 0 aromatic rings. The van der Waals surface area contributed by atoms with Crippen LogP contribution in [0.2, 0.25) is 39.3 Å². The number of carbonyl (C=O) groups excluding carboxylic acids is 1. The molecule has 0 bridgehead atoms. The van der Waals surface area contributed by atoms with Gasteiger partial charge in [-0.25, -0.2) is 0 Å². The molecule has 0 rings (SSSR count). The van der Waals surface area contributed by atoms with Gasteiger partial charge >= 0.3 is 18.9 Å². The summed E-state index contributed by atoms with van der Waals surface area (Å²) in [5, 5.41) is 10.5. The van der Waals surface area contributed by atoms with E-state index in [1.54, 1.807) is 0 Å². The van der Waals surface area contributed by atoms with Gasteiger partial charge in [0.05, 0.1) is 0 Å². The maximum atomic E-state index is 10.5. The van der Waals surface area contributed by atoms with Crippen LogP contribution in [0.25, 0.3) is 0 Å². The average Bonchev–Trinajstić information content (AvgIpc) is 1.78. The van der Waals surface area contributed by atoms with Gasteiger partial charge in [-0.05, 0) is 13.0 Å². The van der Waals surface area contributed by atoms with Crippen molar-refractivity contribution >= 4 is 22.4 Å². The van der Waals surface area contributed by atoms with Crippen molar-refractivity contribution in [3.63, 3.8) is 0 Å². The van der Waals surface area contributed by atoms with Crippen molar-refractivity contribution in [1.29, 1.82) is 0 Å². The second-order valence-corrected chi connectivity index (χ2v) is 15.8. The first kappa shape index (κ1) is 17.8. The van der Waals surface area contributed by atoms with Crippen molar-refractivity contribution in [2.45, 2.75) is 45.7 Å². The number of hydrogen-bond acceptors (Lipinski definition) is 3. The third-order valence-corrected chi connectivity index (χ3v) is 9.87. The van der Waals surface area contributed by atoms with Crippen molar-refractivity contribution in [2.24, 2.45) is 0 Å². The molecule has 0 aliphatic rings. The summed E-state index contributed by atoms with van der Waals surface area (Å²) < 4.78 is 2.45. The van der Waals surface area contributed by atoms with E-state index in [4.69, 9.17) is 0 Å². The van der Waals surface area contributed by atoms with Gasteiger partial charge < -0.3 is 14.1 Å². The normalized spacial score (nSPS) is 12.5. The van der Waals surface area contributed by atoms with E-state index in [-0.39, 0.29) is 25.3 Å². The fraction of sp³-hybridized carbons (Fsp3) is 0.889. The number of carboxylic acid groups (broad SMARTS) is 1. The first-order chi connectivity index (χ1) is 6.05. The Morgan fingerprint density at radius 2 is 1.40 bits per heavy atom. The molecule has 3 nitrogen and oxygen atoms in total. The third-order valence-electron chi connectivity index (χ3n) is 2.16. The molecule has 84 valence electrons. The Labute approximate surface area is 108 Å². The van der Waals surface area contributed by atoms with Crippen molar-refractivity contribution < 1.29 is 28.8 Å². The molecular formula is C9H22LiNO2Si2. The van der Waals surface area contributed by atoms with E-state index in [9.17, 15) is 9.90 Å². The monoisotopic (exact) mass is 239 g/mol. The van der Waals surface area contributed by atoms with Gasteiger partial charge in [-0.2, -0.15) is 0 Å². The number of carboxylic acids is 1. The van der Waals surface area contributed by atoms with Crippen LogP contribution in [-0.2, 0) is 4.79 Å².